The minimum absolute atomic E-state index is 0.0959. The zero-order chi connectivity index (χ0) is 27.0. The van der Waals surface area contributed by atoms with Gasteiger partial charge in [0.25, 0.3) is 0 Å². The van der Waals surface area contributed by atoms with E-state index in [1.54, 1.807) is 16.7 Å². The highest BCUT2D eigenvalue weighted by molar-refractivity contribution is 5.82. The Morgan fingerprint density at radius 2 is 1.87 bits per heavy atom. The second-order valence-electron chi connectivity index (χ2n) is 10.5. The van der Waals surface area contributed by atoms with Crippen LogP contribution in [-0.2, 0) is 16.5 Å². The van der Waals surface area contributed by atoms with Gasteiger partial charge >= 0.3 is 6.09 Å². The largest absolute Gasteiger partial charge is 0.467 e. The first-order chi connectivity index (χ1) is 18.1. The van der Waals surface area contributed by atoms with Crippen LogP contribution >= 0.6 is 0 Å². The molecule has 1 amide bonds. The van der Waals surface area contributed by atoms with Crippen LogP contribution in [0, 0.1) is 6.92 Å². The second-order valence-corrected chi connectivity index (χ2v) is 10.5. The highest BCUT2D eigenvalue weighted by Gasteiger charge is 2.35. The highest BCUT2D eigenvalue weighted by atomic mass is 16.7. The smallest absolute Gasteiger partial charge is 0.410 e. The average Bonchev–Trinajstić information content (AvgIpc) is 3.22. The maximum atomic E-state index is 12.2. The number of fused-ring (bicyclic) bond motifs is 1. The predicted octanol–water partition coefficient (Wildman–Crippen LogP) is 4.72. The van der Waals surface area contributed by atoms with Crippen LogP contribution in [-0.4, -0.2) is 68.5 Å². The minimum Gasteiger partial charge on any atom is -0.467 e. The number of carbonyl (C=O) groups excluding carboxylic acids is 1. The summed E-state index contributed by atoms with van der Waals surface area (Å²) >= 11 is 0. The molecule has 5 rings (SSSR count). The van der Waals surface area contributed by atoms with E-state index in [0.717, 1.165) is 39.1 Å². The fraction of sp³-hybridized carbons (Fsp3) is 0.393. The quantitative estimate of drug-likeness (QED) is 0.339. The van der Waals surface area contributed by atoms with Crippen LogP contribution < -0.4 is 4.74 Å². The Morgan fingerprint density at radius 3 is 2.55 bits per heavy atom. The molecule has 1 aromatic carbocycles. The molecule has 0 N–H and O–H groups in total. The summed E-state index contributed by atoms with van der Waals surface area (Å²) in [5.74, 6) is 0.754. The van der Waals surface area contributed by atoms with Gasteiger partial charge in [-0.25, -0.2) is 9.78 Å². The van der Waals surface area contributed by atoms with E-state index in [1.165, 1.54) is 0 Å². The summed E-state index contributed by atoms with van der Waals surface area (Å²) in [5, 5.41) is 13.4. The lowest BCUT2D eigenvalue weighted by Crippen LogP contribution is -2.50. The van der Waals surface area contributed by atoms with Gasteiger partial charge in [-0.3, -0.25) is 4.68 Å². The number of likely N-dealkylation sites (tertiary alicyclic amines) is 1. The topological polar surface area (TPSA) is 104 Å². The molecule has 0 spiro atoms. The SMILES string of the molecule is COCOc1cc(-c2cc(C)c3nn(C)cc3n2)ccc1-c1ccc(C2CN(C(=O)OC(C)(C)C)C2)nn1. The number of rotatable bonds is 6. The van der Waals surface area contributed by atoms with E-state index in [2.05, 4.69) is 15.3 Å². The van der Waals surface area contributed by atoms with Crippen LogP contribution in [0.4, 0.5) is 4.79 Å². The summed E-state index contributed by atoms with van der Waals surface area (Å²) in [5.41, 5.74) is 6.34. The zero-order valence-corrected chi connectivity index (χ0v) is 22.6. The molecular formula is C28H32N6O4. The monoisotopic (exact) mass is 516 g/mol. The molecule has 0 radical (unpaired) electrons. The number of hydrogen-bond acceptors (Lipinski definition) is 8. The summed E-state index contributed by atoms with van der Waals surface area (Å²) in [6, 6.07) is 11.8. The Hall–Kier alpha value is -4.05. The second kappa shape index (κ2) is 10.0. The maximum Gasteiger partial charge on any atom is 0.410 e. The molecule has 10 nitrogen and oxygen atoms in total. The van der Waals surface area contributed by atoms with Gasteiger partial charge in [0.1, 0.15) is 22.4 Å². The Morgan fingerprint density at radius 1 is 1.08 bits per heavy atom. The third kappa shape index (κ3) is 5.31. The van der Waals surface area contributed by atoms with Crippen LogP contribution in [0.2, 0.25) is 0 Å². The summed E-state index contributed by atoms with van der Waals surface area (Å²) in [6.07, 6.45) is 1.61. The molecule has 0 unspecified atom stereocenters. The van der Waals surface area contributed by atoms with Crippen molar-refractivity contribution in [1.82, 2.24) is 29.9 Å². The van der Waals surface area contributed by atoms with Gasteiger partial charge < -0.3 is 19.1 Å². The van der Waals surface area contributed by atoms with Crippen LogP contribution in [0.15, 0.2) is 42.6 Å². The number of nitrogens with zero attached hydrogens (tertiary/aromatic N) is 6. The van der Waals surface area contributed by atoms with Gasteiger partial charge in [0.05, 0.1) is 23.3 Å². The summed E-state index contributed by atoms with van der Waals surface area (Å²) < 4.78 is 18.3. The van der Waals surface area contributed by atoms with Crippen LogP contribution in [0.1, 0.15) is 37.9 Å². The minimum atomic E-state index is -0.512. The van der Waals surface area contributed by atoms with Crippen molar-refractivity contribution in [2.24, 2.45) is 7.05 Å². The van der Waals surface area contributed by atoms with Gasteiger partial charge in [0.2, 0.25) is 0 Å². The molecule has 1 aliphatic rings. The molecule has 1 saturated heterocycles. The predicted molar refractivity (Wildman–Crippen MR) is 143 cm³/mol. The fourth-order valence-electron chi connectivity index (χ4n) is 4.40. The number of carbonyl (C=O) groups is 1. The molecule has 0 bridgehead atoms. The number of aromatic nitrogens is 5. The van der Waals surface area contributed by atoms with Gasteiger partial charge in [0, 0.05) is 44.3 Å². The maximum absolute atomic E-state index is 12.2. The average molecular weight is 517 g/mol. The Bertz CT molecular complexity index is 1470. The Kier molecular flexibility index (Phi) is 6.75. The highest BCUT2D eigenvalue weighted by Crippen LogP contribution is 2.35. The summed E-state index contributed by atoms with van der Waals surface area (Å²) in [4.78, 5) is 18.7. The third-order valence-corrected chi connectivity index (χ3v) is 6.30. The Balaban J connectivity index is 1.36. The summed E-state index contributed by atoms with van der Waals surface area (Å²) in [6.45, 7) is 8.84. The summed E-state index contributed by atoms with van der Waals surface area (Å²) in [7, 11) is 3.47. The first kappa shape index (κ1) is 25.6. The van der Waals surface area contributed by atoms with Crippen LogP contribution in [0.3, 0.4) is 0 Å². The number of hydrogen-bond donors (Lipinski definition) is 0. The lowest BCUT2D eigenvalue weighted by Gasteiger charge is -2.39. The zero-order valence-electron chi connectivity index (χ0n) is 22.6. The van der Waals surface area contributed by atoms with Gasteiger partial charge in [-0.05, 0) is 63.6 Å². The Labute approximate surface area is 221 Å². The van der Waals surface area contributed by atoms with E-state index in [0.29, 0.717) is 24.5 Å². The number of ether oxygens (including phenoxy) is 3. The van der Waals surface area contributed by atoms with E-state index in [9.17, 15) is 4.79 Å². The van der Waals surface area contributed by atoms with E-state index < -0.39 is 5.60 Å². The molecule has 0 atom stereocenters. The van der Waals surface area contributed by atoms with Crippen molar-refractivity contribution in [3.05, 3.63) is 53.9 Å². The molecule has 4 aromatic rings. The number of methoxy groups -OCH3 is 1. The van der Waals surface area contributed by atoms with Crippen LogP contribution in [0.5, 0.6) is 5.75 Å². The van der Waals surface area contributed by atoms with Gasteiger partial charge in [-0.1, -0.05) is 6.07 Å². The number of aryl methyl sites for hydroxylation is 2. The van der Waals surface area contributed by atoms with Crippen molar-refractivity contribution in [2.75, 3.05) is 27.0 Å². The third-order valence-electron chi connectivity index (χ3n) is 6.30. The molecule has 198 valence electrons. The van der Waals surface area contributed by atoms with Crippen molar-refractivity contribution in [2.45, 2.75) is 39.2 Å². The first-order valence-electron chi connectivity index (χ1n) is 12.5. The standard InChI is InChI=1S/C28H32N6O4/c1-17-11-23(29-24-15-33(5)32-26(17)24)18-7-8-20(25(12-18)37-16-36-6)22-10-9-21(30-31-22)19-13-34(14-19)27(35)38-28(2,3)4/h7-12,15,19H,13-14,16H2,1-6H3. The number of benzene rings is 1. The molecule has 4 heterocycles. The molecule has 0 saturated carbocycles. The van der Waals surface area contributed by atoms with Crippen LogP contribution in [0.25, 0.3) is 33.5 Å². The fourth-order valence-corrected chi connectivity index (χ4v) is 4.40. The van der Waals surface area contributed by atoms with E-state index >= 15 is 0 Å². The normalized spacial score (nSPS) is 14.0. The number of amides is 1. The van der Waals surface area contributed by atoms with E-state index in [4.69, 9.17) is 19.2 Å². The lowest BCUT2D eigenvalue weighted by molar-refractivity contribution is 0.00780. The van der Waals surface area contributed by atoms with Crippen molar-refractivity contribution < 1.29 is 19.0 Å². The molecular weight excluding hydrogens is 484 g/mol. The molecule has 3 aromatic heterocycles. The molecule has 1 fully saturated rings. The molecule has 10 heteroatoms. The van der Waals surface area contributed by atoms with Gasteiger partial charge in [0.15, 0.2) is 6.79 Å². The van der Waals surface area contributed by atoms with E-state index in [1.807, 2.05) is 77.3 Å². The van der Waals surface area contributed by atoms with Crippen molar-refractivity contribution >= 4 is 17.1 Å². The lowest BCUT2D eigenvalue weighted by atomic mass is 9.96. The van der Waals surface area contributed by atoms with Gasteiger partial charge in [-0.15, -0.1) is 0 Å². The molecule has 38 heavy (non-hydrogen) atoms. The van der Waals surface area contributed by atoms with Crippen molar-refractivity contribution in [1.29, 1.82) is 0 Å². The first-order valence-corrected chi connectivity index (χ1v) is 12.5. The van der Waals surface area contributed by atoms with E-state index in [-0.39, 0.29) is 18.8 Å². The van der Waals surface area contributed by atoms with Crippen molar-refractivity contribution in [3.8, 4) is 28.3 Å². The molecule has 1 aliphatic heterocycles. The molecule has 0 aliphatic carbocycles. The number of pyridine rings is 1. The van der Waals surface area contributed by atoms with Gasteiger partial charge in [-0.2, -0.15) is 15.3 Å². The van der Waals surface area contributed by atoms with Crippen molar-refractivity contribution in [3.63, 3.8) is 0 Å².